The third-order valence-electron chi connectivity index (χ3n) is 2.33. The number of anilines is 1. The highest BCUT2D eigenvalue weighted by molar-refractivity contribution is 5.76. The van der Waals surface area contributed by atoms with Gasteiger partial charge in [-0.05, 0) is 12.1 Å². The summed E-state index contributed by atoms with van der Waals surface area (Å²) in [4.78, 5) is 13.7. The molecular weight excluding hydrogens is 216 g/mol. The third-order valence-corrected chi connectivity index (χ3v) is 2.33. The molecule has 0 atom stereocenters. The van der Waals surface area contributed by atoms with Crippen molar-refractivity contribution in [2.75, 3.05) is 4.90 Å². The topological polar surface area (TPSA) is 73.4 Å². The monoisotopic (exact) mass is 226 g/mol. The Labute approximate surface area is 98.6 Å². The summed E-state index contributed by atoms with van der Waals surface area (Å²) >= 11 is 0. The molecule has 0 spiro atoms. The molecular formula is C12H10N4O. The zero-order valence-corrected chi connectivity index (χ0v) is 8.95. The van der Waals surface area contributed by atoms with Crippen molar-refractivity contribution in [3.8, 4) is 6.19 Å². The van der Waals surface area contributed by atoms with Crippen LogP contribution in [0, 0.1) is 11.5 Å². The average molecular weight is 226 g/mol. The molecule has 1 heterocycles. The number of carbonyl (C=O) groups excluding carboxylic acids is 1. The molecule has 2 N–H and O–H groups in total. The van der Waals surface area contributed by atoms with E-state index in [0.717, 1.165) is 10.6 Å². The maximum atomic E-state index is 10.9. The van der Waals surface area contributed by atoms with Gasteiger partial charge in [-0.1, -0.05) is 18.2 Å². The van der Waals surface area contributed by atoms with Gasteiger partial charge >= 0.3 is 0 Å². The fraction of sp³-hybridized carbons (Fsp3) is 0. The molecule has 0 fully saturated rings. The standard InChI is InChI=1S/C12H10N4O/c13-9-16-11(8-17)6-15(7-12(16)14)10-4-2-1-3-5-10/h1-8H,14H2. The van der Waals surface area contributed by atoms with Crippen LogP contribution in [0.5, 0.6) is 0 Å². The summed E-state index contributed by atoms with van der Waals surface area (Å²) in [6.07, 6.45) is 5.58. The molecule has 0 saturated carbocycles. The van der Waals surface area contributed by atoms with Gasteiger partial charge in [-0.3, -0.25) is 4.79 Å². The highest BCUT2D eigenvalue weighted by Gasteiger charge is 2.18. The van der Waals surface area contributed by atoms with Crippen LogP contribution in [0.1, 0.15) is 0 Å². The van der Waals surface area contributed by atoms with Gasteiger partial charge in [-0.2, -0.15) is 5.26 Å². The van der Waals surface area contributed by atoms with Crippen molar-refractivity contribution in [2.45, 2.75) is 0 Å². The van der Waals surface area contributed by atoms with Gasteiger partial charge in [0.25, 0.3) is 0 Å². The Hall–Kier alpha value is -2.74. The van der Waals surface area contributed by atoms with Crippen LogP contribution in [-0.4, -0.2) is 11.2 Å². The first-order valence-electron chi connectivity index (χ1n) is 4.94. The van der Waals surface area contributed by atoms with Crippen molar-refractivity contribution < 1.29 is 4.79 Å². The van der Waals surface area contributed by atoms with E-state index in [9.17, 15) is 4.79 Å². The number of benzene rings is 1. The van der Waals surface area contributed by atoms with E-state index >= 15 is 0 Å². The van der Waals surface area contributed by atoms with Crippen molar-refractivity contribution in [3.05, 3.63) is 54.2 Å². The second kappa shape index (κ2) is 4.41. The summed E-state index contributed by atoms with van der Waals surface area (Å²) in [5.41, 5.74) is 6.78. The molecule has 2 rings (SSSR count). The van der Waals surface area contributed by atoms with Gasteiger partial charge in [0.15, 0.2) is 12.5 Å². The highest BCUT2D eigenvalue weighted by atomic mass is 16.1. The first kappa shape index (κ1) is 10.8. The van der Waals surface area contributed by atoms with Crippen LogP contribution in [-0.2, 0) is 4.79 Å². The molecule has 5 nitrogen and oxygen atoms in total. The molecule has 0 aromatic heterocycles. The zero-order chi connectivity index (χ0) is 12.3. The maximum Gasteiger partial charge on any atom is 0.190 e. The van der Waals surface area contributed by atoms with E-state index in [4.69, 9.17) is 11.0 Å². The molecule has 84 valence electrons. The molecule has 0 radical (unpaired) electrons. The Balaban J connectivity index is 2.40. The van der Waals surface area contributed by atoms with Crippen LogP contribution in [0.2, 0.25) is 0 Å². The Morgan fingerprint density at radius 1 is 1.24 bits per heavy atom. The summed E-state index contributed by atoms with van der Waals surface area (Å²) in [5.74, 6) is 0.209. The van der Waals surface area contributed by atoms with E-state index in [2.05, 4.69) is 0 Å². The van der Waals surface area contributed by atoms with E-state index in [1.165, 1.54) is 0 Å². The predicted molar refractivity (Wildman–Crippen MR) is 62.8 cm³/mol. The van der Waals surface area contributed by atoms with Gasteiger partial charge < -0.3 is 10.6 Å². The van der Waals surface area contributed by atoms with E-state index in [1.807, 2.05) is 36.5 Å². The summed E-state index contributed by atoms with van der Waals surface area (Å²) in [5, 5.41) is 8.86. The van der Waals surface area contributed by atoms with Crippen molar-refractivity contribution in [1.29, 1.82) is 5.26 Å². The summed E-state index contributed by atoms with van der Waals surface area (Å²) < 4.78 is 0. The van der Waals surface area contributed by atoms with E-state index < -0.39 is 0 Å². The number of rotatable bonds is 2. The molecule has 1 aromatic rings. The molecule has 0 aliphatic carbocycles. The van der Waals surface area contributed by atoms with Gasteiger partial charge in [-0.15, -0.1) is 0 Å². The van der Waals surface area contributed by atoms with Crippen LogP contribution in [0.15, 0.2) is 54.2 Å². The smallest absolute Gasteiger partial charge is 0.190 e. The van der Waals surface area contributed by atoms with Crippen molar-refractivity contribution in [2.24, 2.45) is 5.73 Å². The van der Waals surface area contributed by atoms with Crippen LogP contribution < -0.4 is 10.6 Å². The second-order valence-corrected chi connectivity index (χ2v) is 3.40. The van der Waals surface area contributed by atoms with Gasteiger partial charge in [0.2, 0.25) is 0 Å². The number of allylic oxidation sites excluding steroid dienone is 1. The molecule has 0 saturated heterocycles. The zero-order valence-electron chi connectivity index (χ0n) is 8.95. The lowest BCUT2D eigenvalue weighted by Gasteiger charge is -2.26. The minimum absolute atomic E-state index is 0.205. The van der Waals surface area contributed by atoms with E-state index in [-0.39, 0.29) is 11.5 Å². The lowest BCUT2D eigenvalue weighted by Crippen LogP contribution is -2.31. The Kier molecular flexibility index (Phi) is 2.79. The number of hydrogen-bond donors (Lipinski definition) is 1. The maximum absolute atomic E-state index is 10.9. The van der Waals surface area contributed by atoms with Crippen LogP contribution in [0.25, 0.3) is 0 Å². The average Bonchev–Trinajstić information content (AvgIpc) is 2.38. The van der Waals surface area contributed by atoms with Crippen molar-refractivity contribution >= 4 is 12.0 Å². The number of nitriles is 1. The summed E-state index contributed by atoms with van der Waals surface area (Å²) in [6, 6.07) is 9.41. The molecule has 0 unspecified atom stereocenters. The minimum atomic E-state index is 0.205. The second-order valence-electron chi connectivity index (χ2n) is 3.40. The van der Waals surface area contributed by atoms with Crippen molar-refractivity contribution in [3.63, 3.8) is 0 Å². The normalized spacial score (nSPS) is 14.8. The molecule has 1 aliphatic heterocycles. The van der Waals surface area contributed by atoms with Gasteiger partial charge in [-0.25, -0.2) is 4.90 Å². The molecule has 0 amide bonds. The number of nitrogens with zero attached hydrogens (tertiary/aromatic N) is 3. The summed E-state index contributed by atoms with van der Waals surface area (Å²) in [7, 11) is 0. The SMILES string of the molecule is N#CN1C(N)=CN(c2ccccc2)C=C1C=O. The first-order valence-corrected chi connectivity index (χ1v) is 4.94. The van der Waals surface area contributed by atoms with Crippen LogP contribution in [0.3, 0.4) is 0 Å². The quantitative estimate of drug-likeness (QED) is 0.603. The number of para-hydroxylation sites is 1. The lowest BCUT2D eigenvalue weighted by molar-refractivity contribution is -0.105. The van der Waals surface area contributed by atoms with Gasteiger partial charge in [0.05, 0.1) is 6.20 Å². The number of aldehydes is 1. The Morgan fingerprint density at radius 3 is 2.53 bits per heavy atom. The fourth-order valence-electron chi connectivity index (χ4n) is 1.53. The molecule has 1 aliphatic rings. The minimum Gasteiger partial charge on any atom is -0.383 e. The fourth-order valence-corrected chi connectivity index (χ4v) is 1.53. The third kappa shape index (κ3) is 1.96. The van der Waals surface area contributed by atoms with E-state index in [0.29, 0.717) is 6.29 Å². The molecule has 1 aromatic carbocycles. The highest BCUT2D eigenvalue weighted by Crippen LogP contribution is 2.21. The first-order chi connectivity index (χ1) is 8.26. The largest absolute Gasteiger partial charge is 0.383 e. The lowest BCUT2D eigenvalue weighted by atomic mass is 10.2. The predicted octanol–water partition coefficient (Wildman–Crippen LogP) is 1.09. The molecule has 0 bridgehead atoms. The van der Waals surface area contributed by atoms with Gasteiger partial charge in [0, 0.05) is 11.9 Å². The van der Waals surface area contributed by atoms with Crippen LogP contribution in [0.4, 0.5) is 5.69 Å². The molecule has 5 heteroatoms. The number of hydrogen-bond acceptors (Lipinski definition) is 5. The van der Waals surface area contributed by atoms with Gasteiger partial charge in [0.1, 0.15) is 11.5 Å². The Bertz CT molecular complexity index is 527. The van der Waals surface area contributed by atoms with Crippen LogP contribution >= 0.6 is 0 Å². The number of nitrogens with two attached hydrogens (primary N) is 1. The Morgan fingerprint density at radius 2 is 1.94 bits per heavy atom. The molecule has 17 heavy (non-hydrogen) atoms. The number of carbonyl (C=O) groups is 1. The summed E-state index contributed by atoms with van der Waals surface area (Å²) in [6.45, 7) is 0. The van der Waals surface area contributed by atoms with Crippen molar-refractivity contribution in [1.82, 2.24) is 4.90 Å². The van der Waals surface area contributed by atoms with E-state index in [1.54, 1.807) is 17.3 Å².